The van der Waals surface area contributed by atoms with Crippen LogP contribution >= 0.6 is 0 Å². The molecule has 1 aliphatic heterocycles. The Morgan fingerprint density at radius 3 is 2.26 bits per heavy atom. The first-order valence-electron chi connectivity index (χ1n) is 12.2. The third-order valence-corrected chi connectivity index (χ3v) is 7.11. The lowest BCUT2D eigenvalue weighted by molar-refractivity contribution is -0.139. The lowest BCUT2D eigenvalue weighted by Crippen LogP contribution is -2.42. The molecule has 1 atom stereocenters. The monoisotopic (exact) mass is 470 g/mol. The summed E-state index contributed by atoms with van der Waals surface area (Å²) in [7, 11) is 0. The number of hydrogen-bond donors (Lipinski definition) is 2. The van der Waals surface area contributed by atoms with Gasteiger partial charge in [-0.1, -0.05) is 72.8 Å². The van der Waals surface area contributed by atoms with E-state index < -0.39 is 18.1 Å². The first-order chi connectivity index (χ1) is 17.1. The van der Waals surface area contributed by atoms with Crippen LogP contribution < -0.4 is 5.32 Å². The van der Waals surface area contributed by atoms with E-state index in [1.807, 2.05) is 24.3 Å². The molecule has 0 radical (unpaired) electrons. The summed E-state index contributed by atoms with van der Waals surface area (Å²) in [6, 6.07) is 23.7. The van der Waals surface area contributed by atoms with E-state index in [1.54, 1.807) is 0 Å². The van der Waals surface area contributed by atoms with Crippen molar-refractivity contribution in [1.29, 1.82) is 0 Å². The number of carbonyl (C=O) groups is 2. The Morgan fingerprint density at radius 2 is 1.57 bits per heavy atom. The second-order valence-electron chi connectivity index (χ2n) is 9.30. The van der Waals surface area contributed by atoms with E-state index in [0.29, 0.717) is 12.8 Å². The number of aliphatic carboxylic acids is 1. The van der Waals surface area contributed by atoms with E-state index in [4.69, 9.17) is 4.74 Å². The molecule has 6 nitrogen and oxygen atoms in total. The maximum Gasteiger partial charge on any atom is 0.407 e. The summed E-state index contributed by atoms with van der Waals surface area (Å²) in [6.07, 6.45) is 1.36. The summed E-state index contributed by atoms with van der Waals surface area (Å²) in [5, 5.41) is 12.2. The number of amides is 1. The number of benzene rings is 3. The number of alkyl carbamates (subject to hydrolysis) is 1. The molecule has 180 valence electrons. The maximum absolute atomic E-state index is 12.5. The summed E-state index contributed by atoms with van der Waals surface area (Å²) < 4.78 is 5.53. The van der Waals surface area contributed by atoms with Crippen molar-refractivity contribution in [3.8, 4) is 11.1 Å². The minimum Gasteiger partial charge on any atom is -0.480 e. The van der Waals surface area contributed by atoms with Crippen molar-refractivity contribution < 1.29 is 19.4 Å². The van der Waals surface area contributed by atoms with Crippen LogP contribution in [0.2, 0.25) is 0 Å². The molecule has 35 heavy (non-hydrogen) atoms. The van der Waals surface area contributed by atoms with Gasteiger partial charge in [-0.15, -0.1) is 0 Å². The quantitative estimate of drug-likeness (QED) is 0.494. The number of rotatable bonds is 8. The molecule has 1 heterocycles. The predicted octanol–water partition coefficient (Wildman–Crippen LogP) is 4.82. The normalized spacial score (nSPS) is 15.5. The zero-order valence-electron chi connectivity index (χ0n) is 19.7. The molecule has 0 fully saturated rings. The molecule has 0 saturated heterocycles. The van der Waals surface area contributed by atoms with Gasteiger partial charge in [-0.2, -0.15) is 0 Å². The average Bonchev–Trinajstić information content (AvgIpc) is 3.20. The third kappa shape index (κ3) is 5.08. The number of fused-ring (bicyclic) bond motifs is 4. The number of carbonyl (C=O) groups excluding carboxylic acids is 1. The number of nitrogens with zero attached hydrogens (tertiary/aromatic N) is 1. The maximum atomic E-state index is 12.5. The van der Waals surface area contributed by atoms with Crippen LogP contribution in [0.25, 0.3) is 11.1 Å². The summed E-state index contributed by atoms with van der Waals surface area (Å²) in [6.45, 7) is 2.81. The van der Waals surface area contributed by atoms with E-state index in [-0.39, 0.29) is 12.5 Å². The van der Waals surface area contributed by atoms with Crippen LogP contribution in [-0.4, -0.2) is 47.8 Å². The van der Waals surface area contributed by atoms with Gasteiger partial charge in [-0.05, 0) is 59.2 Å². The van der Waals surface area contributed by atoms with Crippen LogP contribution in [-0.2, 0) is 22.5 Å². The zero-order chi connectivity index (χ0) is 24.2. The van der Waals surface area contributed by atoms with Crippen molar-refractivity contribution in [2.45, 2.75) is 37.8 Å². The molecule has 6 heteroatoms. The van der Waals surface area contributed by atoms with E-state index in [2.05, 4.69) is 58.7 Å². The average molecular weight is 471 g/mol. The van der Waals surface area contributed by atoms with E-state index in [0.717, 1.165) is 48.3 Å². The Labute approximate surface area is 205 Å². The largest absolute Gasteiger partial charge is 0.480 e. The molecule has 1 amide bonds. The zero-order valence-corrected chi connectivity index (χ0v) is 19.7. The second kappa shape index (κ2) is 10.3. The Kier molecular flexibility index (Phi) is 6.82. The fraction of sp³-hybridized carbons (Fsp3) is 0.310. The molecule has 0 spiro atoms. The highest BCUT2D eigenvalue weighted by Crippen LogP contribution is 2.44. The van der Waals surface area contributed by atoms with Gasteiger partial charge in [0.05, 0.1) is 0 Å². The molecule has 1 unspecified atom stereocenters. The Hall–Kier alpha value is -3.64. The van der Waals surface area contributed by atoms with Crippen LogP contribution in [0.3, 0.4) is 0 Å². The lowest BCUT2D eigenvalue weighted by Gasteiger charge is -2.29. The Morgan fingerprint density at radius 1 is 0.943 bits per heavy atom. The van der Waals surface area contributed by atoms with Gasteiger partial charge in [0.2, 0.25) is 0 Å². The fourth-order valence-electron chi connectivity index (χ4n) is 5.30. The lowest BCUT2D eigenvalue weighted by atomic mass is 9.98. The third-order valence-electron chi connectivity index (χ3n) is 7.11. The van der Waals surface area contributed by atoms with E-state index in [9.17, 15) is 14.7 Å². The molecule has 1 aliphatic carbocycles. The molecule has 3 aromatic rings. The van der Waals surface area contributed by atoms with Gasteiger partial charge < -0.3 is 15.2 Å². The summed E-state index contributed by atoms with van der Waals surface area (Å²) >= 11 is 0. The highest BCUT2D eigenvalue weighted by atomic mass is 16.5. The molecule has 3 aromatic carbocycles. The molecular weight excluding hydrogens is 440 g/mol. The standard InChI is InChI=1S/C29H30N2O4/c32-28(33)27(14-7-16-31-17-15-20-8-1-2-9-21(20)18-31)30-29(34)35-19-26-24-12-5-3-10-22(24)23-11-4-6-13-25(23)26/h1-6,8-13,26-27H,7,14-19H2,(H,30,34)(H,32,33). The Bertz CT molecular complexity index is 1180. The molecule has 2 N–H and O–H groups in total. The van der Waals surface area contributed by atoms with Gasteiger partial charge in [0.15, 0.2) is 0 Å². The highest BCUT2D eigenvalue weighted by Gasteiger charge is 2.29. The van der Waals surface area contributed by atoms with E-state index in [1.165, 1.54) is 11.1 Å². The minimum absolute atomic E-state index is 0.0570. The van der Waals surface area contributed by atoms with Crippen molar-refractivity contribution in [3.05, 3.63) is 95.1 Å². The highest BCUT2D eigenvalue weighted by molar-refractivity contribution is 5.81. The molecule has 5 rings (SSSR count). The number of hydrogen-bond acceptors (Lipinski definition) is 4. The van der Waals surface area contributed by atoms with Gasteiger partial charge in [-0.25, -0.2) is 9.59 Å². The Balaban J connectivity index is 1.13. The number of carboxylic acids is 1. The van der Waals surface area contributed by atoms with Gasteiger partial charge in [-0.3, -0.25) is 4.90 Å². The van der Waals surface area contributed by atoms with Crippen molar-refractivity contribution in [1.82, 2.24) is 10.2 Å². The van der Waals surface area contributed by atoms with Crippen LogP contribution in [0.4, 0.5) is 4.79 Å². The van der Waals surface area contributed by atoms with Gasteiger partial charge >= 0.3 is 12.1 Å². The summed E-state index contributed by atoms with van der Waals surface area (Å²) in [4.78, 5) is 26.7. The smallest absolute Gasteiger partial charge is 0.407 e. The van der Waals surface area contributed by atoms with Crippen LogP contribution in [0.5, 0.6) is 0 Å². The topological polar surface area (TPSA) is 78.9 Å². The van der Waals surface area contributed by atoms with Gasteiger partial charge in [0.1, 0.15) is 12.6 Å². The summed E-state index contributed by atoms with van der Waals surface area (Å²) in [5.41, 5.74) is 7.29. The van der Waals surface area contributed by atoms with Crippen molar-refractivity contribution in [2.24, 2.45) is 0 Å². The number of nitrogens with one attached hydrogen (secondary N) is 1. The van der Waals surface area contributed by atoms with Crippen LogP contribution in [0.1, 0.15) is 41.0 Å². The molecule has 0 aromatic heterocycles. The summed E-state index contributed by atoms with van der Waals surface area (Å²) in [5.74, 6) is -1.10. The minimum atomic E-state index is -1.04. The predicted molar refractivity (Wildman–Crippen MR) is 134 cm³/mol. The first-order valence-corrected chi connectivity index (χ1v) is 12.2. The van der Waals surface area contributed by atoms with Gasteiger partial charge in [0.25, 0.3) is 0 Å². The SMILES string of the molecule is O=C(NC(CCCN1CCc2ccccc2C1)C(=O)O)OCC1c2ccccc2-c2ccccc21. The first kappa shape index (κ1) is 23.1. The van der Waals surface area contributed by atoms with Gasteiger partial charge in [0, 0.05) is 19.0 Å². The number of ether oxygens (including phenoxy) is 1. The molecular formula is C29H30N2O4. The number of carboxylic acid groups (broad SMARTS) is 1. The molecule has 2 aliphatic rings. The second-order valence-corrected chi connectivity index (χ2v) is 9.30. The van der Waals surface area contributed by atoms with Crippen LogP contribution in [0.15, 0.2) is 72.8 Å². The van der Waals surface area contributed by atoms with Crippen LogP contribution in [0, 0.1) is 0 Å². The van der Waals surface area contributed by atoms with Crippen molar-refractivity contribution >= 4 is 12.1 Å². The molecule has 0 bridgehead atoms. The fourth-order valence-corrected chi connectivity index (χ4v) is 5.30. The van der Waals surface area contributed by atoms with Crippen molar-refractivity contribution in [3.63, 3.8) is 0 Å². The van der Waals surface area contributed by atoms with E-state index >= 15 is 0 Å². The molecule has 0 saturated carbocycles. The van der Waals surface area contributed by atoms with Crippen molar-refractivity contribution in [2.75, 3.05) is 19.7 Å².